The Morgan fingerprint density at radius 2 is 2.33 bits per heavy atom. The van der Waals surface area contributed by atoms with Crippen LogP contribution in [0.15, 0.2) is 15.9 Å². The predicted octanol–water partition coefficient (Wildman–Crippen LogP) is 4.86. The molecule has 1 aromatic rings. The van der Waals surface area contributed by atoms with Crippen molar-refractivity contribution in [2.24, 2.45) is 11.8 Å². The van der Waals surface area contributed by atoms with Gasteiger partial charge in [-0.05, 0) is 65.0 Å². The fourth-order valence-corrected chi connectivity index (χ4v) is 4.72. The highest BCUT2D eigenvalue weighted by molar-refractivity contribution is 9.10. The quantitative estimate of drug-likeness (QED) is 0.786. The van der Waals surface area contributed by atoms with Crippen LogP contribution >= 0.6 is 27.3 Å². The lowest BCUT2D eigenvalue weighted by atomic mass is 9.88. The van der Waals surface area contributed by atoms with E-state index in [4.69, 9.17) is 0 Å². The first-order chi connectivity index (χ1) is 8.72. The van der Waals surface area contributed by atoms with Crippen LogP contribution in [0.5, 0.6) is 0 Å². The van der Waals surface area contributed by atoms with Gasteiger partial charge in [-0.3, -0.25) is 0 Å². The Bertz CT molecular complexity index is 363. The molecule has 0 aromatic carbocycles. The van der Waals surface area contributed by atoms with Gasteiger partial charge in [0, 0.05) is 15.4 Å². The van der Waals surface area contributed by atoms with Crippen LogP contribution in [0.1, 0.15) is 44.4 Å². The zero-order chi connectivity index (χ0) is 13.0. The fraction of sp³-hybridized carbons (Fsp3) is 0.733. The van der Waals surface area contributed by atoms with Crippen LogP contribution in [0.4, 0.5) is 0 Å². The first-order valence-corrected chi connectivity index (χ1v) is 8.85. The number of halogens is 1. The molecule has 3 unspecified atom stereocenters. The monoisotopic (exact) mass is 329 g/mol. The van der Waals surface area contributed by atoms with Crippen LogP contribution in [0.2, 0.25) is 0 Å². The topological polar surface area (TPSA) is 12.0 Å². The summed E-state index contributed by atoms with van der Waals surface area (Å²) in [5, 5.41) is 5.98. The Balaban J connectivity index is 2.02. The van der Waals surface area contributed by atoms with Gasteiger partial charge >= 0.3 is 0 Å². The Morgan fingerprint density at radius 3 is 2.89 bits per heavy atom. The van der Waals surface area contributed by atoms with E-state index in [2.05, 4.69) is 46.5 Å². The fourth-order valence-electron chi connectivity index (χ4n) is 3.15. The maximum Gasteiger partial charge on any atom is 0.0314 e. The van der Waals surface area contributed by atoms with Crippen molar-refractivity contribution >= 4 is 27.3 Å². The minimum Gasteiger partial charge on any atom is -0.313 e. The summed E-state index contributed by atoms with van der Waals surface area (Å²) in [5.74, 6) is 1.75. The van der Waals surface area contributed by atoms with Crippen molar-refractivity contribution in [3.05, 3.63) is 20.8 Å². The van der Waals surface area contributed by atoms with E-state index in [0.29, 0.717) is 6.04 Å². The van der Waals surface area contributed by atoms with Gasteiger partial charge in [0.15, 0.2) is 0 Å². The van der Waals surface area contributed by atoms with E-state index in [9.17, 15) is 0 Å². The summed E-state index contributed by atoms with van der Waals surface area (Å²) < 4.78 is 1.29. The molecule has 0 amide bonds. The second kappa shape index (κ2) is 7.06. The van der Waals surface area contributed by atoms with Crippen LogP contribution in [0, 0.1) is 11.8 Å². The van der Waals surface area contributed by atoms with E-state index in [1.165, 1.54) is 41.5 Å². The van der Waals surface area contributed by atoms with Crippen molar-refractivity contribution in [2.45, 2.75) is 52.0 Å². The maximum absolute atomic E-state index is 3.79. The molecule has 1 aliphatic carbocycles. The van der Waals surface area contributed by atoms with Crippen LogP contribution in [-0.4, -0.2) is 12.6 Å². The Hall–Kier alpha value is 0.140. The van der Waals surface area contributed by atoms with Crippen molar-refractivity contribution in [1.29, 1.82) is 0 Å². The first-order valence-electron chi connectivity index (χ1n) is 7.17. The highest BCUT2D eigenvalue weighted by Gasteiger charge is 2.31. The van der Waals surface area contributed by atoms with Gasteiger partial charge in [0.05, 0.1) is 0 Å². The molecular formula is C15H24BrNS. The molecule has 0 saturated heterocycles. The van der Waals surface area contributed by atoms with Gasteiger partial charge in [0.2, 0.25) is 0 Å². The van der Waals surface area contributed by atoms with Crippen molar-refractivity contribution in [3.8, 4) is 0 Å². The second-order valence-corrected chi connectivity index (χ2v) is 7.38. The molecule has 0 bridgehead atoms. The Morgan fingerprint density at radius 1 is 1.50 bits per heavy atom. The van der Waals surface area contributed by atoms with Gasteiger partial charge in [0.25, 0.3) is 0 Å². The molecule has 102 valence electrons. The molecule has 1 saturated carbocycles. The highest BCUT2D eigenvalue weighted by Crippen LogP contribution is 2.36. The van der Waals surface area contributed by atoms with Crippen LogP contribution in [-0.2, 0) is 6.42 Å². The summed E-state index contributed by atoms with van der Waals surface area (Å²) in [5.41, 5.74) is 0. The van der Waals surface area contributed by atoms with E-state index in [-0.39, 0.29) is 0 Å². The summed E-state index contributed by atoms with van der Waals surface area (Å²) in [4.78, 5) is 1.50. The van der Waals surface area contributed by atoms with Gasteiger partial charge in [-0.1, -0.05) is 26.7 Å². The molecule has 1 aliphatic rings. The number of rotatable bonds is 6. The third-order valence-electron chi connectivity index (χ3n) is 4.20. The highest BCUT2D eigenvalue weighted by atomic mass is 79.9. The smallest absolute Gasteiger partial charge is 0.0314 e. The third kappa shape index (κ3) is 3.58. The van der Waals surface area contributed by atoms with Crippen LogP contribution in [0.3, 0.4) is 0 Å². The lowest BCUT2D eigenvalue weighted by Gasteiger charge is -2.28. The van der Waals surface area contributed by atoms with E-state index < -0.39 is 0 Å². The normalized spacial score (nSPS) is 25.5. The van der Waals surface area contributed by atoms with Crippen molar-refractivity contribution in [1.82, 2.24) is 5.32 Å². The number of nitrogens with one attached hydrogen (secondary N) is 1. The third-order valence-corrected chi connectivity index (χ3v) is 6.15. The summed E-state index contributed by atoms with van der Waals surface area (Å²) in [7, 11) is 0. The zero-order valence-electron chi connectivity index (χ0n) is 11.4. The maximum atomic E-state index is 3.79. The van der Waals surface area contributed by atoms with E-state index in [0.717, 1.165) is 18.4 Å². The number of thiophene rings is 1. The molecule has 0 radical (unpaired) electrons. The lowest BCUT2D eigenvalue weighted by molar-refractivity contribution is 0.296. The average Bonchev–Trinajstić information content (AvgIpc) is 2.94. The second-order valence-electron chi connectivity index (χ2n) is 5.53. The molecule has 2 rings (SSSR count). The van der Waals surface area contributed by atoms with Gasteiger partial charge in [-0.25, -0.2) is 0 Å². The molecule has 0 aliphatic heterocycles. The molecule has 3 heteroatoms. The van der Waals surface area contributed by atoms with E-state index in [1.54, 1.807) is 0 Å². The lowest BCUT2D eigenvalue weighted by Crippen LogP contribution is -2.39. The molecule has 1 nitrogen and oxygen atoms in total. The molecule has 3 atom stereocenters. The minimum atomic E-state index is 0.664. The van der Waals surface area contributed by atoms with Gasteiger partial charge < -0.3 is 5.32 Å². The summed E-state index contributed by atoms with van der Waals surface area (Å²) in [6.07, 6.45) is 6.66. The first kappa shape index (κ1) is 14.5. The average molecular weight is 330 g/mol. The van der Waals surface area contributed by atoms with Gasteiger partial charge in [-0.2, -0.15) is 0 Å². The van der Waals surface area contributed by atoms with E-state index >= 15 is 0 Å². The Labute approximate surface area is 123 Å². The zero-order valence-corrected chi connectivity index (χ0v) is 13.8. The minimum absolute atomic E-state index is 0.664. The van der Waals surface area contributed by atoms with Crippen LogP contribution < -0.4 is 5.32 Å². The number of hydrogen-bond acceptors (Lipinski definition) is 2. The molecule has 1 fully saturated rings. The molecule has 1 N–H and O–H groups in total. The Kier molecular flexibility index (Phi) is 5.71. The summed E-state index contributed by atoms with van der Waals surface area (Å²) in [6, 6.07) is 2.84. The van der Waals surface area contributed by atoms with Crippen molar-refractivity contribution in [3.63, 3.8) is 0 Å². The molecule has 18 heavy (non-hydrogen) atoms. The standard InChI is InChI=1S/C15H24BrNS/c1-3-8-17-14(12-6-4-5-11(12)2)10-15-13(16)7-9-18-15/h7,9,11-12,14,17H,3-6,8,10H2,1-2H3. The predicted molar refractivity (Wildman–Crippen MR) is 84.3 cm³/mol. The largest absolute Gasteiger partial charge is 0.313 e. The molecule has 1 aromatic heterocycles. The van der Waals surface area contributed by atoms with Gasteiger partial charge in [0.1, 0.15) is 0 Å². The number of hydrogen-bond donors (Lipinski definition) is 1. The summed E-state index contributed by atoms with van der Waals surface area (Å²) >= 11 is 5.55. The van der Waals surface area contributed by atoms with Crippen molar-refractivity contribution in [2.75, 3.05) is 6.54 Å². The molecule has 0 spiro atoms. The van der Waals surface area contributed by atoms with Crippen molar-refractivity contribution < 1.29 is 0 Å². The summed E-state index contributed by atoms with van der Waals surface area (Å²) in [6.45, 7) is 5.84. The van der Waals surface area contributed by atoms with Crippen LogP contribution in [0.25, 0.3) is 0 Å². The molecule has 1 heterocycles. The van der Waals surface area contributed by atoms with Gasteiger partial charge in [-0.15, -0.1) is 11.3 Å². The van der Waals surface area contributed by atoms with E-state index in [1.807, 2.05) is 11.3 Å². The molecular weight excluding hydrogens is 306 g/mol. The SMILES string of the molecule is CCCNC(Cc1sccc1Br)C1CCCC1C.